The van der Waals surface area contributed by atoms with Gasteiger partial charge in [-0.1, -0.05) is 60.7 Å². The molecule has 1 aliphatic heterocycles. The van der Waals surface area contributed by atoms with Crippen LogP contribution in [-0.2, 0) is 4.79 Å². The van der Waals surface area contributed by atoms with E-state index in [1.165, 1.54) is 5.69 Å². The van der Waals surface area contributed by atoms with Gasteiger partial charge in [-0.3, -0.25) is 14.5 Å². The van der Waals surface area contributed by atoms with E-state index < -0.39 is 0 Å². The van der Waals surface area contributed by atoms with Gasteiger partial charge in [-0.15, -0.1) is 0 Å². The topological polar surface area (TPSA) is 52.7 Å². The van der Waals surface area contributed by atoms with E-state index in [-0.39, 0.29) is 11.7 Å². The molecule has 0 unspecified atom stereocenters. The van der Waals surface area contributed by atoms with Gasteiger partial charge in [0.15, 0.2) is 5.78 Å². The Morgan fingerprint density at radius 3 is 2.06 bits per heavy atom. The van der Waals surface area contributed by atoms with E-state index in [4.69, 9.17) is 0 Å². The molecule has 4 rings (SSSR count). The van der Waals surface area contributed by atoms with Gasteiger partial charge < -0.3 is 10.2 Å². The van der Waals surface area contributed by atoms with Crippen molar-refractivity contribution in [1.29, 1.82) is 0 Å². The molecule has 3 aromatic carbocycles. The summed E-state index contributed by atoms with van der Waals surface area (Å²) in [6, 6.07) is 26.8. The first-order valence-electron chi connectivity index (χ1n) is 10.7. The molecule has 5 nitrogen and oxygen atoms in total. The number of nitrogens with zero attached hydrogens (tertiary/aromatic N) is 2. The van der Waals surface area contributed by atoms with Crippen LogP contribution >= 0.6 is 0 Å². The minimum atomic E-state index is -0.0893. The number of benzene rings is 3. The third-order valence-corrected chi connectivity index (χ3v) is 5.63. The second-order valence-corrected chi connectivity index (χ2v) is 7.70. The average molecular weight is 414 g/mol. The summed E-state index contributed by atoms with van der Waals surface area (Å²) in [7, 11) is 0. The Morgan fingerprint density at radius 2 is 1.35 bits per heavy atom. The smallest absolute Gasteiger partial charge is 0.225 e. The highest BCUT2D eigenvalue weighted by molar-refractivity contribution is 6.13. The molecule has 1 heterocycles. The zero-order valence-corrected chi connectivity index (χ0v) is 17.5. The number of amides is 1. The standard InChI is InChI=1S/C26H27N3O2/c30-25(15-16-28-17-19-29(20-18-28)22-11-5-2-6-12-22)27-24-14-8-7-13-23(24)26(31)21-9-3-1-4-10-21/h1-14H,15-20H2,(H,27,30). The molecule has 0 aliphatic carbocycles. The number of hydrogen-bond acceptors (Lipinski definition) is 4. The maximum Gasteiger partial charge on any atom is 0.225 e. The Labute approximate surface area is 183 Å². The maximum absolute atomic E-state index is 12.8. The number of piperazine rings is 1. The minimum absolute atomic E-state index is 0.0706. The van der Waals surface area contributed by atoms with Gasteiger partial charge in [-0.25, -0.2) is 0 Å². The maximum atomic E-state index is 12.8. The van der Waals surface area contributed by atoms with Crippen LogP contribution in [-0.4, -0.2) is 49.3 Å². The van der Waals surface area contributed by atoms with Crippen molar-refractivity contribution in [1.82, 2.24) is 4.90 Å². The van der Waals surface area contributed by atoms with Crippen molar-refractivity contribution >= 4 is 23.1 Å². The monoisotopic (exact) mass is 413 g/mol. The summed E-state index contributed by atoms with van der Waals surface area (Å²) in [5.74, 6) is -0.160. The van der Waals surface area contributed by atoms with E-state index in [2.05, 4.69) is 39.4 Å². The van der Waals surface area contributed by atoms with Crippen LogP contribution in [0.1, 0.15) is 22.3 Å². The molecular weight excluding hydrogens is 386 g/mol. The van der Waals surface area contributed by atoms with Crippen molar-refractivity contribution in [2.75, 3.05) is 42.9 Å². The van der Waals surface area contributed by atoms with Gasteiger partial charge >= 0.3 is 0 Å². The molecule has 0 radical (unpaired) electrons. The fourth-order valence-electron chi connectivity index (χ4n) is 3.88. The third-order valence-electron chi connectivity index (χ3n) is 5.63. The van der Waals surface area contributed by atoms with Crippen molar-refractivity contribution in [3.8, 4) is 0 Å². The van der Waals surface area contributed by atoms with Crippen LogP contribution < -0.4 is 10.2 Å². The summed E-state index contributed by atoms with van der Waals surface area (Å²) in [5, 5.41) is 2.94. The molecule has 0 spiro atoms. The van der Waals surface area contributed by atoms with E-state index in [0.29, 0.717) is 29.8 Å². The van der Waals surface area contributed by atoms with Crippen LogP contribution in [0.25, 0.3) is 0 Å². The average Bonchev–Trinajstić information content (AvgIpc) is 2.84. The van der Waals surface area contributed by atoms with Crippen LogP contribution in [0.2, 0.25) is 0 Å². The Bertz CT molecular complexity index is 1010. The predicted octanol–water partition coefficient (Wildman–Crippen LogP) is 4.07. The third kappa shape index (κ3) is 5.38. The molecule has 0 atom stereocenters. The second-order valence-electron chi connectivity index (χ2n) is 7.70. The second kappa shape index (κ2) is 10.0. The Hall–Kier alpha value is -3.44. The molecule has 158 valence electrons. The Balaban J connectivity index is 1.30. The number of para-hydroxylation sites is 2. The van der Waals surface area contributed by atoms with Gasteiger partial charge in [0.25, 0.3) is 0 Å². The van der Waals surface area contributed by atoms with Gasteiger partial charge in [0, 0.05) is 56.0 Å². The van der Waals surface area contributed by atoms with Crippen molar-refractivity contribution in [2.45, 2.75) is 6.42 Å². The summed E-state index contributed by atoms with van der Waals surface area (Å²) in [6.45, 7) is 4.50. The van der Waals surface area contributed by atoms with Crippen LogP contribution in [0.5, 0.6) is 0 Å². The SMILES string of the molecule is O=C(CCN1CCN(c2ccccc2)CC1)Nc1ccccc1C(=O)c1ccccc1. The molecule has 5 heteroatoms. The minimum Gasteiger partial charge on any atom is -0.369 e. The summed E-state index contributed by atoms with van der Waals surface area (Å²) in [6.07, 6.45) is 0.402. The molecule has 1 N–H and O–H groups in total. The Kier molecular flexibility index (Phi) is 6.75. The number of ketones is 1. The number of rotatable bonds is 7. The zero-order chi connectivity index (χ0) is 21.5. The first kappa shape index (κ1) is 20.8. The highest BCUT2D eigenvalue weighted by atomic mass is 16.1. The lowest BCUT2D eigenvalue weighted by Gasteiger charge is -2.36. The molecule has 31 heavy (non-hydrogen) atoms. The number of nitrogens with one attached hydrogen (secondary N) is 1. The van der Waals surface area contributed by atoms with Gasteiger partial charge in [-0.05, 0) is 24.3 Å². The Morgan fingerprint density at radius 1 is 0.742 bits per heavy atom. The highest BCUT2D eigenvalue weighted by Crippen LogP contribution is 2.20. The zero-order valence-electron chi connectivity index (χ0n) is 17.5. The van der Waals surface area contributed by atoms with E-state index in [9.17, 15) is 9.59 Å². The van der Waals surface area contributed by atoms with Crippen molar-refractivity contribution in [3.05, 3.63) is 96.1 Å². The molecule has 1 saturated heterocycles. The molecular formula is C26H27N3O2. The normalized spacial score (nSPS) is 14.3. The molecule has 3 aromatic rings. The van der Waals surface area contributed by atoms with Crippen LogP contribution in [0.15, 0.2) is 84.9 Å². The first-order valence-corrected chi connectivity index (χ1v) is 10.7. The lowest BCUT2D eigenvalue weighted by atomic mass is 10.0. The van der Waals surface area contributed by atoms with E-state index in [1.54, 1.807) is 24.3 Å². The van der Waals surface area contributed by atoms with Crippen molar-refractivity contribution < 1.29 is 9.59 Å². The predicted molar refractivity (Wildman–Crippen MR) is 125 cm³/mol. The van der Waals surface area contributed by atoms with Crippen LogP contribution in [0.4, 0.5) is 11.4 Å². The summed E-state index contributed by atoms with van der Waals surface area (Å²) in [4.78, 5) is 30.1. The summed E-state index contributed by atoms with van der Waals surface area (Å²) < 4.78 is 0. The van der Waals surface area contributed by atoms with Crippen molar-refractivity contribution in [3.63, 3.8) is 0 Å². The molecule has 0 bridgehead atoms. The van der Waals surface area contributed by atoms with Crippen LogP contribution in [0.3, 0.4) is 0 Å². The largest absolute Gasteiger partial charge is 0.369 e. The molecule has 1 amide bonds. The van der Waals surface area contributed by atoms with Gasteiger partial charge in [0.1, 0.15) is 0 Å². The van der Waals surface area contributed by atoms with E-state index in [1.807, 2.05) is 36.4 Å². The quantitative estimate of drug-likeness (QED) is 0.594. The number of carbonyl (C=O) groups is 2. The lowest BCUT2D eigenvalue weighted by molar-refractivity contribution is -0.116. The van der Waals surface area contributed by atoms with Gasteiger partial charge in [0.05, 0.1) is 5.69 Å². The number of carbonyl (C=O) groups excluding carboxylic acids is 2. The lowest BCUT2D eigenvalue weighted by Crippen LogP contribution is -2.47. The molecule has 1 aliphatic rings. The molecule has 1 fully saturated rings. The van der Waals surface area contributed by atoms with E-state index >= 15 is 0 Å². The van der Waals surface area contributed by atoms with Gasteiger partial charge in [-0.2, -0.15) is 0 Å². The molecule has 0 saturated carbocycles. The summed E-state index contributed by atoms with van der Waals surface area (Å²) in [5.41, 5.74) is 2.94. The first-order chi connectivity index (χ1) is 15.2. The highest BCUT2D eigenvalue weighted by Gasteiger charge is 2.19. The fraction of sp³-hybridized carbons (Fsp3) is 0.231. The van der Waals surface area contributed by atoms with Gasteiger partial charge in [0.2, 0.25) is 5.91 Å². The van der Waals surface area contributed by atoms with E-state index in [0.717, 1.165) is 26.2 Å². The molecule has 0 aromatic heterocycles. The summed E-state index contributed by atoms with van der Waals surface area (Å²) >= 11 is 0. The fourth-order valence-corrected chi connectivity index (χ4v) is 3.88. The van der Waals surface area contributed by atoms with Crippen LogP contribution in [0, 0.1) is 0 Å². The number of hydrogen-bond donors (Lipinski definition) is 1. The van der Waals surface area contributed by atoms with Crippen molar-refractivity contribution in [2.24, 2.45) is 0 Å². The number of anilines is 2.